The second-order valence-corrected chi connectivity index (χ2v) is 5.18. The Bertz CT molecular complexity index is 428. The lowest BCUT2D eigenvalue weighted by molar-refractivity contribution is 0.595. The molecule has 1 aliphatic carbocycles. The maximum absolute atomic E-state index is 13.1. The summed E-state index contributed by atoms with van der Waals surface area (Å²) in [5.41, 5.74) is 2.56. The minimum atomic E-state index is -0.198. The van der Waals surface area contributed by atoms with Gasteiger partial charge in [-0.15, -0.1) is 0 Å². The minimum absolute atomic E-state index is 0.198. The first-order valence-electron chi connectivity index (χ1n) is 6.09. The zero-order valence-electron chi connectivity index (χ0n) is 9.97. The van der Waals surface area contributed by atoms with E-state index in [1.807, 2.05) is 6.07 Å². The Kier molecular flexibility index (Phi) is 4.35. The highest BCUT2D eigenvalue weighted by Crippen LogP contribution is 2.34. The highest BCUT2D eigenvalue weighted by atomic mass is 79.9. The van der Waals surface area contributed by atoms with E-state index in [-0.39, 0.29) is 11.9 Å². The Balaban J connectivity index is 2.31. The van der Waals surface area contributed by atoms with Crippen LogP contribution in [-0.4, -0.2) is 6.54 Å². The number of benzene rings is 1. The van der Waals surface area contributed by atoms with Gasteiger partial charge < -0.3 is 5.32 Å². The van der Waals surface area contributed by atoms with Crippen molar-refractivity contribution in [3.05, 3.63) is 45.7 Å². The molecular formula is C14H17BrFN. The van der Waals surface area contributed by atoms with Crippen LogP contribution in [0.2, 0.25) is 0 Å². The van der Waals surface area contributed by atoms with Crippen molar-refractivity contribution in [1.82, 2.24) is 5.32 Å². The van der Waals surface area contributed by atoms with Crippen LogP contribution >= 0.6 is 15.9 Å². The van der Waals surface area contributed by atoms with E-state index in [0.29, 0.717) is 0 Å². The monoisotopic (exact) mass is 297 g/mol. The summed E-state index contributed by atoms with van der Waals surface area (Å²) < 4.78 is 14.0. The summed E-state index contributed by atoms with van der Waals surface area (Å²) in [6.45, 7) is 3.01. The van der Waals surface area contributed by atoms with Crippen LogP contribution in [0.5, 0.6) is 0 Å². The number of likely N-dealkylation sites (N-methyl/N-ethyl adjacent to an activating group) is 1. The van der Waals surface area contributed by atoms with Crippen molar-refractivity contribution in [3.63, 3.8) is 0 Å². The predicted octanol–water partition coefficient (Wildman–Crippen LogP) is 4.35. The maximum atomic E-state index is 13.1. The van der Waals surface area contributed by atoms with E-state index in [9.17, 15) is 4.39 Å². The highest BCUT2D eigenvalue weighted by Gasteiger charge is 2.20. The summed E-state index contributed by atoms with van der Waals surface area (Å²) in [7, 11) is 0. The second kappa shape index (κ2) is 5.78. The van der Waals surface area contributed by atoms with Crippen LogP contribution < -0.4 is 5.32 Å². The van der Waals surface area contributed by atoms with Gasteiger partial charge in [0.05, 0.1) is 6.04 Å². The van der Waals surface area contributed by atoms with E-state index >= 15 is 0 Å². The molecule has 1 atom stereocenters. The van der Waals surface area contributed by atoms with Gasteiger partial charge in [0.15, 0.2) is 0 Å². The number of nitrogens with one attached hydrogen (secondary N) is 1. The number of rotatable bonds is 4. The number of halogens is 2. The van der Waals surface area contributed by atoms with Crippen molar-refractivity contribution in [2.24, 2.45) is 0 Å². The van der Waals surface area contributed by atoms with Crippen LogP contribution in [0.1, 0.15) is 37.8 Å². The lowest BCUT2D eigenvalue weighted by Gasteiger charge is -2.21. The van der Waals surface area contributed by atoms with E-state index < -0.39 is 0 Å². The Morgan fingerprint density at radius 2 is 2.29 bits per heavy atom. The molecule has 0 saturated carbocycles. The second-order valence-electron chi connectivity index (χ2n) is 4.33. The van der Waals surface area contributed by atoms with Crippen LogP contribution in [0.4, 0.5) is 4.39 Å². The molecule has 2 rings (SSSR count). The Morgan fingerprint density at radius 3 is 2.88 bits per heavy atom. The first-order valence-corrected chi connectivity index (χ1v) is 6.89. The molecule has 1 aliphatic rings. The summed E-state index contributed by atoms with van der Waals surface area (Å²) >= 11 is 3.46. The number of hydrogen-bond donors (Lipinski definition) is 1. The molecule has 1 unspecified atom stereocenters. The van der Waals surface area contributed by atoms with E-state index in [4.69, 9.17) is 0 Å². The molecule has 0 aliphatic heterocycles. The molecule has 0 radical (unpaired) electrons. The van der Waals surface area contributed by atoms with Crippen molar-refractivity contribution >= 4 is 15.9 Å². The largest absolute Gasteiger partial charge is 0.307 e. The molecule has 3 heteroatoms. The predicted molar refractivity (Wildman–Crippen MR) is 72.5 cm³/mol. The lowest BCUT2D eigenvalue weighted by atomic mass is 9.98. The molecule has 92 valence electrons. The van der Waals surface area contributed by atoms with Gasteiger partial charge in [-0.05, 0) is 43.5 Å². The van der Waals surface area contributed by atoms with Gasteiger partial charge in [0.25, 0.3) is 0 Å². The van der Waals surface area contributed by atoms with Gasteiger partial charge >= 0.3 is 0 Å². The Hall–Kier alpha value is -0.670. The van der Waals surface area contributed by atoms with Gasteiger partial charge in [0, 0.05) is 4.47 Å². The average molecular weight is 298 g/mol. The van der Waals surface area contributed by atoms with Crippen LogP contribution in [0.15, 0.2) is 34.3 Å². The summed E-state index contributed by atoms with van der Waals surface area (Å²) in [5.74, 6) is -0.198. The molecule has 1 aromatic rings. The molecule has 0 aromatic heterocycles. The minimum Gasteiger partial charge on any atom is -0.307 e. The van der Waals surface area contributed by atoms with E-state index in [1.165, 1.54) is 24.1 Å². The molecule has 0 saturated heterocycles. The number of allylic oxidation sites excluding steroid dienone is 1. The van der Waals surface area contributed by atoms with Gasteiger partial charge in [-0.25, -0.2) is 4.39 Å². The van der Waals surface area contributed by atoms with Crippen LogP contribution in [0.25, 0.3) is 0 Å². The lowest BCUT2D eigenvalue weighted by Crippen LogP contribution is -2.22. The zero-order chi connectivity index (χ0) is 12.3. The van der Waals surface area contributed by atoms with E-state index in [2.05, 4.69) is 34.2 Å². The smallest absolute Gasteiger partial charge is 0.124 e. The van der Waals surface area contributed by atoms with Gasteiger partial charge in [0.2, 0.25) is 0 Å². The summed E-state index contributed by atoms with van der Waals surface area (Å²) in [4.78, 5) is 0. The molecule has 0 heterocycles. The molecule has 0 bridgehead atoms. The molecule has 1 aromatic carbocycles. The molecule has 1 nitrogen and oxygen atoms in total. The highest BCUT2D eigenvalue weighted by molar-refractivity contribution is 9.10. The van der Waals surface area contributed by atoms with Gasteiger partial charge in [0.1, 0.15) is 5.82 Å². The molecule has 1 N–H and O–H groups in total. The summed E-state index contributed by atoms with van der Waals surface area (Å²) in [6, 6.07) is 5.15. The van der Waals surface area contributed by atoms with Crippen LogP contribution in [0.3, 0.4) is 0 Å². The molecule has 17 heavy (non-hydrogen) atoms. The average Bonchev–Trinajstić information content (AvgIpc) is 2.80. The fourth-order valence-electron chi connectivity index (χ4n) is 2.34. The fourth-order valence-corrected chi connectivity index (χ4v) is 2.92. The zero-order valence-corrected chi connectivity index (χ0v) is 11.6. The van der Waals surface area contributed by atoms with Gasteiger partial charge in [-0.2, -0.15) is 0 Å². The molecular weight excluding hydrogens is 281 g/mol. The summed E-state index contributed by atoms with van der Waals surface area (Å²) in [6.07, 6.45) is 5.84. The normalized spacial score (nSPS) is 17.0. The van der Waals surface area contributed by atoms with E-state index in [0.717, 1.165) is 29.4 Å². The van der Waals surface area contributed by atoms with Crippen molar-refractivity contribution in [1.29, 1.82) is 0 Å². The van der Waals surface area contributed by atoms with Crippen molar-refractivity contribution in [2.75, 3.05) is 6.54 Å². The standard InChI is InChI=1S/C14H17BrFN/c1-2-17-14(10-5-3-4-6-10)12-8-7-11(16)9-13(12)15/h5,7-9,14,17H,2-4,6H2,1H3. The van der Waals surface area contributed by atoms with Crippen LogP contribution in [0, 0.1) is 5.82 Å². The third kappa shape index (κ3) is 2.96. The van der Waals surface area contributed by atoms with Crippen LogP contribution in [-0.2, 0) is 0 Å². The third-order valence-corrected chi connectivity index (χ3v) is 3.82. The molecule has 0 fully saturated rings. The van der Waals surface area contributed by atoms with Gasteiger partial charge in [-0.1, -0.05) is 40.6 Å². The SMILES string of the molecule is CCNC(C1=CCCC1)c1ccc(F)cc1Br. The Morgan fingerprint density at radius 1 is 1.47 bits per heavy atom. The molecule has 0 spiro atoms. The quantitative estimate of drug-likeness (QED) is 0.815. The third-order valence-electron chi connectivity index (χ3n) is 3.13. The maximum Gasteiger partial charge on any atom is 0.124 e. The van der Waals surface area contributed by atoms with Crippen molar-refractivity contribution < 1.29 is 4.39 Å². The van der Waals surface area contributed by atoms with Crippen molar-refractivity contribution in [3.8, 4) is 0 Å². The fraction of sp³-hybridized carbons (Fsp3) is 0.429. The summed E-state index contributed by atoms with van der Waals surface area (Å²) in [5, 5.41) is 3.48. The first-order chi connectivity index (χ1) is 8.22. The molecule has 0 amide bonds. The Labute approximate surface area is 110 Å². The van der Waals surface area contributed by atoms with E-state index in [1.54, 1.807) is 0 Å². The van der Waals surface area contributed by atoms with Gasteiger partial charge in [-0.3, -0.25) is 0 Å². The number of hydrogen-bond acceptors (Lipinski definition) is 1. The topological polar surface area (TPSA) is 12.0 Å². The van der Waals surface area contributed by atoms with Crippen molar-refractivity contribution in [2.45, 2.75) is 32.2 Å². The first kappa shape index (κ1) is 12.8.